The highest BCUT2D eigenvalue weighted by Crippen LogP contribution is 2.14. The van der Waals surface area contributed by atoms with Gasteiger partial charge in [0.05, 0.1) is 13.2 Å². The number of Topliss-reactive ketones (excluding diaryl/α,β-unsaturated/α-hetero) is 1. The third-order valence-corrected chi connectivity index (χ3v) is 2.93. The van der Waals surface area contributed by atoms with Gasteiger partial charge in [-0.05, 0) is 32.3 Å². The number of benzene rings is 1. The molecule has 0 fully saturated rings. The summed E-state index contributed by atoms with van der Waals surface area (Å²) in [7, 11) is 0. The summed E-state index contributed by atoms with van der Waals surface area (Å²) in [6.45, 7) is 3.52. The van der Waals surface area contributed by atoms with Gasteiger partial charge in [0.2, 0.25) is 0 Å². The smallest absolute Gasteiger partial charge is 0.375 e. The standard InChI is InChI=1S/C16H20O5/c1-3-20-15(18)13(14(17)16(19)21-4-2)11-10-12-8-6-5-7-9-12/h5-9,13H,3-4,10-11H2,1-2H3. The van der Waals surface area contributed by atoms with Crippen LogP contribution in [0.15, 0.2) is 30.3 Å². The molecule has 0 saturated heterocycles. The number of rotatable bonds is 8. The molecule has 1 unspecified atom stereocenters. The molecule has 1 aromatic rings. The van der Waals surface area contributed by atoms with Crippen LogP contribution in [0.2, 0.25) is 0 Å². The first-order chi connectivity index (χ1) is 10.1. The van der Waals surface area contributed by atoms with E-state index in [1.807, 2.05) is 30.3 Å². The predicted molar refractivity (Wildman–Crippen MR) is 76.5 cm³/mol. The zero-order chi connectivity index (χ0) is 15.7. The van der Waals surface area contributed by atoms with Crippen LogP contribution in [0.4, 0.5) is 0 Å². The lowest BCUT2D eigenvalue weighted by Crippen LogP contribution is -2.33. The van der Waals surface area contributed by atoms with E-state index >= 15 is 0 Å². The van der Waals surface area contributed by atoms with Crippen LogP contribution in [0.3, 0.4) is 0 Å². The Bertz CT molecular complexity index is 481. The normalized spacial score (nSPS) is 11.5. The van der Waals surface area contributed by atoms with Gasteiger partial charge < -0.3 is 9.47 Å². The third-order valence-electron chi connectivity index (χ3n) is 2.93. The fourth-order valence-electron chi connectivity index (χ4n) is 1.90. The highest BCUT2D eigenvalue weighted by Gasteiger charge is 2.33. The van der Waals surface area contributed by atoms with Crippen molar-refractivity contribution in [3.63, 3.8) is 0 Å². The summed E-state index contributed by atoms with van der Waals surface area (Å²) in [5, 5.41) is 0. The first-order valence-electron chi connectivity index (χ1n) is 7.01. The molecule has 0 spiro atoms. The van der Waals surface area contributed by atoms with Gasteiger partial charge in [-0.1, -0.05) is 30.3 Å². The van der Waals surface area contributed by atoms with Crippen molar-refractivity contribution in [1.29, 1.82) is 0 Å². The van der Waals surface area contributed by atoms with Crippen molar-refractivity contribution in [2.45, 2.75) is 26.7 Å². The number of aryl methyl sites for hydroxylation is 1. The molecule has 1 atom stereocenters. The number of hydrogen-bond donors (Lipinski definition) is 0. The molecule has 0 radical (unpaired) electrons. The maximum absolute atomic E-state index is 12.0. The highest BCUT2D eigenvalue weighted by molar-refractivity contribution is 6.37. The number of ether oxygens (including phenoxy) is 2. The minimum Gasteiger partial charge on any atom is -0.465 e. The van der Waals surface area contributed by atoms with Gasteiger partial charge in [-0.25, -0.2) is 4.79 Å². The van der Waals surface area contributed by atoms with E-state index < -0.39 is 23.6 Å². The van der Waals surface area contributed by atoms with Gasteiger partial charge in [0.15, 0.2) is 0 Å². The molecule has 0 aliphatic rings. The molecule has 0 aromatic heterocycles. The Morgan fingerprint density at radius 1 is 1.00 bits per heavy atom. The van der Waals surface area contributed by atoms with Crippen LogP contribution in [0.5, 0.6) is 0 Å². The second kappa shape index (κ2) is 8.89. The summed E-state index contributed by atoms with van der Waals surface area (Å²) in [6.07, 6.45) is 0.732. The van der Waals surface area contributed by atoms with E-state index in [2.05, 4.69) is 4.74 Å². The van der Waals surface area contributed by atoms with E-state index in [-0.39, 0.29) is 19.6 Å². The van der Waals surface area contributed by atoms with Crippen molar-refractivity contribution in [2.75, 3.05) is 13.2 Å². The second-order valence-electron chi connectivity index (χ2n) is 4.41. The zero-order valence-electron chi connectivity index (χ0n) is 12.3. The maximum atomic E-state index is 12.0. The number of ketones is 1. The summed E-state index contributed by atoms with van der Waals surface area (Å²) in [5.74, 6) is -3.61. The molecule has 0 bridgehead atoms. The number of carbonyl (C=O) groups is 3. The molecule has 0 saturated carbocycles. The average molecular weight is 292 g/mol. The van der Waals surface area contributed by atoms with Crippen LogP contribution in [0.25, 0.3) is 0 Å². The fraction of sp³-hybridized carbons (Fsp3) is 0.438. The number of esters is 2. The quantitative estimate of drug-likeness (QED) is 0.416. The summed E-state index contributed by atoms with van der Waals surface area (Å²) < 4.78 is 9.54. The van der Waals surface area contributed by atoms with E-state index in [1.165, 1.54) is 0 Å². The molecule has 0 aliphatic carbocycles. The molecule has 0 aliphatic heterocycles. The van der Waals surface area contributed by atoms with Crippen molar-refractivity contribution in [3.8, 4) is 0 Å². The Balaban J connectivity index is 2.75. The summed E-state index contributed by atoms with van der Waals surface area (Å²) in [6, 6.07) is 9.44. The van der Waals surface area contributed by atoms with Crippen molar-refractivity contribution in [1.82, 2.24) is 0 Å². The van der Waals surface area contributed by atoms with Crippen molar-refractivity contribution < 1.29 is 23.9 Å². The first-order valence-corrected chi connectivity index (χ1v) is 7.01. The first kappa shape index (κ1) is 16.9. The van der Waals surface area contributed by atoms with Crippen molar-refractivity contribution >= 4 is 17.7 Å². The zero-order valence-corrected chi connectivity index (χ0v) is 12.3. The Hall–Kier alpha value is -2.17. The molecule has 5 nitrogen and oxygen atoms in total. The predicted octanol–water partition coefficient (Wildman–Crippen LogP) is 1.93. The van der Waals surface area contributed by atoms with Gasteiger partial charge in [0, 0.05) is 0 Å². The van der Waals surface area contributed by atoms with Crippen LogP contribution in [-0.2, 0) is 30.3 Å². The number of carbonyl (C=O) groups excluding carboxylic acids is 3. The lowest BCUT2D eigenvalue weighted by molar-refractivity contribution is -0.162. The highest BCUT2D eigenvalue weighted by atomic mass is 16.5. The Kier molecular flexibility index (Phi) is 7.15. The topological polar surface area (TPSA) is 69.7 Å². The van der Waals surface area contributed by atoms with Crippen LogP contribution < -0.4 is 0 Å². The van der Waals surface area contributed by atoms with Crippen molar-refractivity contribution in [2.24, 2.45) is 5.92 Å². The molecule has 0 amide bonds. The van der Waals surface area contributed by atoms with Crippen molar-refractivity contribution in [3.05, 3.63) is 35.9 Å². The van der Waals surface area contributed by atoms with Crippen LogP contribution in [0.1, 0.15) is 25.8 Å². The monoisotopic (exact) mass is 292 g/mol. The Morgan fingerprint density at radius 3 is 2.19 bits per heavy atom. The van der Waals surface area contributed by atoms with Gasteiger partial charge in [-0.3, -0.25) is 9.59 Å². The average Bonchev–Trinajstić information content (AvgIpc) is 2.49. The lowest BCUT2D eigenvalue weighted by atomic mass is 9.95. The Morgan fingerprint density at radius 2 is 1.62 bits per heavy atom. The van der Waals surface area contributed by atoms with Gasteiger partial charge in [-0.15, -0.1) is 0 Å². The van der Waals surface area contributed by atoms with Gasteiger partial charge in [0.25, 0.3) is 5.78 Å². The molecular weight excluding hydrogens is 272 g/mol. The van der Waals surface area contributed by atoms with Crippen LogP contribution >= 0.6 is 0 Å². The largest absolute Gasteiger partial charge is 0.465 e. The van der Waals surface area contributed by atoms with E-state index in [4.69, 9.17) is 4.74 Å². The van der Waals surface area contributed by atoms with Crippen LogP contribution in [0, 0.1) is 5.92 Å². The van der Waals surface area contributed by atoms with Gasteiger partial charge in [-0.2, -0.15) is 0 Å². The molecule has 21 heavy (non-hydrogen) atoms. The lowest BCUT2D eigenvalue weighted by Gasteiger charge is -2.13. The van der Waals surface area contributed by atoms with Crippen LogP contribution in [-0.4, -0.2) is 30.9 Å². The molecule has 1 aromatic carbocycles. The van der Waals surface area contributed by atoms with Gasteiger partial charge >= 0.3 is 11.9 Å². The molecule has 114 valence electrons. The van der Waals surface area contributed by atoms with E-state index in [9.17, 15) is 14.4 Å². The fourth-order valence-corrected chi connectivity index (χ4v) is 1.90. The Labute approximate surface area is 124 Å². The molecule has 5 heteroatoms. The van der Waals surface area contributed by atoms with E-state index in [0.29, 0.717) is 6.42 Å². The summed E-state index contributed by atoms with van der Waals surface area (Å²) in [5.41, 5.74) is 0.989. The minimum atomic E-state index is -1.11. The number of hydrogen-bond acceptors (Lipinski definition) is 5. The molecule has 0 heterocycles. The molecule has 0 N–H and O–H groups in total. The SMILES string of the molecule is CCOC(=O)C(=O)C(CCc1ccccc1)C(=O)OCC. The third kappa shape index (κ3) is 5.38. The molecule has 1 rings (SSSR count). The van der Waals surface area contributed by atoms with Gasteiger partial charge in [0.1, 0.15) is 5.92 Å². The summed E-state index contributed by atoms with van der Waals surface area (Å²) >= 11 is 0. The summed E-state index contributed by atoms with van der Waals surface area (Å²) in [4.78, 5) is 35.4. The molecular formula is C16H20O5. The second-order valence-corrected chi connectivity index (χ2v) is 4.41. The van der Waals surface area contributed by atoms with E-state index in [1.54, 1.807) is 13.8 Å². The van der Waals surface area contributed by atoms with E-state index in [0.717, 1.165) is 5.56 Å². The minimum absolute atomic E-state index is 0.0960. The maximum Gasteiger partial charge on any atom is 0.375 e.